The zero-order valence-corrected chi connectivity index (χ0v) is 15.6. The number of benzene rings is 3. The Kier molecular flexibility index (Phi) is 3.68. The van der Waals surface area contributed by atoms with E-state index in [1.165, 1.54) is 0 Å². The summed E-state index contributed by atoms with van der Waals surface area (Å²) in [6, 6.07) is 15.4. The number of hydrogen-bond acceptors (Lipinski definition) is 2. The number of fused-ring (bicyclic) bond motifs is 4. The molecule has 0 unspecified atom stereocenters. The highest BCUT2D eigenvalue weighted by Crippen LogP contribution is 2.50. The van der Waals surface area contributed by atoms with Gasteiger partial charge in [0.05, 0.1) is 5.02 Å². The molecular formula is C21H11Cl3O2. The first kappa shape index (κ1) is 16.1. The Morgan fingerprint density at radius 3 is 2.42 bits per heavy atom. The summed E-state index contributed by atoms with van der Waals surface area (Å²) in [7, 11) is 0. The minimum atomic E-state index is 0.252. The van der Waals surface area contributed by atoms with E-state index in [1.807, 2.05) is 42.5 Å². The van der Waals surface area contributed by atoms with Crippen LogP contribution in [0.3, 0.4) is 0 Å². The highest BCUT2D eigenvalue weighted by molar-refractivity contribution is 6.38. The number of rotatable bonds is 1. The molecule has 128 valence electrons. The van der Waals surface area contributed by atoms with Crippen LogP contribution in [-0.2, 0) is 0 Å². The van der Waals surface area contributed by atoms with Crippen LogP contribution in [0.25, 0.3) is 22.8 Å². The van der Waals surface area contributed by atoms with Gasteiger partial charge in [0, 0.05) is 15.6 Å². The van der Waals surface area contributed by atoms with E-state index in [-0.39, 0.29) is 6.79 Å². The molecule has 1 heterocycles. The van der Waals surface area contributed by atoms with Gasteiger partial charge < -0.3 is 9.47 Å². The number of halogens is 3. The van der Waals surface area contributed by atoms with Gasteiger partial charge in [0.15, 0.2) is 11.5 Å². The van der Waals surface area contributed by atoms with Crippen molar-refractivity contribution in [2.45, 2.75) is 0 Å². The summed E-state index contributed by atoms with van der Waals surface area (Å²) < 4.78 is 10.9. The Labute approximate surface area is 165 Å². The Hall–Kier alpha value is -2.13. The zero-order chi connectivity index (χ0) is 17.8. The number of ether oxygens (including phenoxy) is 2. The molecule has 0 atom stereocenters. The van der Waals surface area contributed by atoms with E-state index in [0.717, 1.165) is 44.9 Å². The topological polar surface area (TPSA) is 18.5 Å². The normalized spacial score (nSPS) is 15.3. The molecule has 5 heteroatoms. The maximum Gasteiger partial charge on any atom is 0.231 e. The molecule has 2 nitrogen and oxygen atoms in total. The van der Waals surface area contributed by atoms with Gasteiger partial charge in [-0.3, -0.25) is 0 Å². The predicted octanol–water partition coefficient (Wildman–Crippen LogP) is 6.94. The van der Waals surface area contributed by atoms with Crippen LogP contribution in [0.5, 0.6) is 11.5 Å². The standard InChI is InChI=1S/C21H11Cl3O2/c22-12-2-3-14-16(7-12)15(17-8-13(23)9-18(24)21(14)17)5-11-1-4-19-20(6-11)26-10-25-19/h1-9H,10H2/b15-5+. The highest BCUT2D eigenvalue weighted by Gasteiger charge is 2.26. The first-order valence-electron chi connectivity index (χ1n) is 8.01. The van der Waals surface area contributed by atoms with Gasteiger partial charge in [0.1, 0.15) is 0 Å². The molecule has 0 bridgehead atoms. The van der Waals surface area contributed by atoms with Crippen LogP contribution in [0, 0.1) is 0 Å². The van der Waals surface area contributed by atoms with Crippen molar-refractivity contribution in [3.63, 3.8) is 0 Å². The molecule has 1 aliphatic heterocycles. The molecule has 0 saturated carbocycles. The van der Waals surface area contributed by atoms with Crippen molar-refractivity contribution in [2.24, 2.45) is 0 Å². The minimum absolute atomic E-state index is 0.252. The lowest BCUT2D eigenvalue weighted by atomic mass is 10.0. The van der Waals surface area contributed by atoms with Crippen molar-refractivity contribution >= 4 is 46.5 Å². The van der Waals surface area contributed by atoms with Gasteiger partial charge in [-0.1, -0.05) is 46.9 Å². The lowest BCUT2D eigenvalue weighted by Crippen LogP contribution is -1.92. The van der Waals surface area contributed by atoms with Gasteiger partial charge in [-0.05, 0) is 70.3 Å². The Bertz CT molecular complexity index is 1100. The first-order chi connectivity index (χ1) is 12.6. The van der Waals surface area contributed by atoms with Crippen molar-refractivity contribution in [1.29, 1.82) is 0 Å². The molecule has 0 amide bonds. The molecule has 26 heavy (non-hydrogen) atoms. The summed E-state index contributed by atoms with van der Waals surface area (Å²) in [5.74, 6) is 1.50. The van der Waals surface area contributed by atoms with E-state index < -0.39 is 0 Å². The Morgan fingerprint density at radius 1 is 0.731 bits per heavy atom. The fourth-order valence-corrected chi connectivity index (χ4v) is 4.25. The van der Waals surface area contributed by atoms with Crippen molar-refractivity contribution in [2.75, 3.05) is 6.79 Å². The van der Waals surface area contributed by atoms with E-state index in [1.54, 1.807) is 6.07 Å². The summed E-state index contributed by atoms with van der Waals surface area (Å²) in [6.45, 7) is 0.252. The van der Waals surface area contributed by atoms with Crippen LogP contribution in [0.4, 0.5) is 0 Å². The minimum Gasteiger partial charge on any atom is -0.454 e. The molecule has 3 aromatic rings. The van der Waals surface area contributed by atoms with E-state index >= 15 is 0 Å². The summed E-state index contributed by atoms with van der Waals surface area (Å²) in [5.41, 5.74) is 6.10. The largest absolute Gasteiger partial charge is 0.454 e. The lowest BCUT2D eigenvalue weighted by molar-refractivity contribution is 0.174. The Morgan fingerprint density at radius 2 is 1.54 bits per heavy atom. The van der Waals surface area contributed by atoms with Crippen LogP contribution in [0.1, 0.15) is 16.7 Å². The predicted molar refractivity (Wildman–Crippen MR) is 106 cm³/mol. The molecule has 1 aliphatic carbocycles. The van der Waals surface area contributed by atoms with Crippen molar-refractivity contribution in [1.82, 2.24) is 0 Å². The molecule has 0 spiro atoms. The molecule has 2 aliphatic rings. The van der Waals surface area contributed by atoms with Crippen LogP contribution < -0.4 is 9.47 Å². The van der Waals surface area contributed by atoms with Gasteiger partial charge in [-0.25, -0.2) is 0 Å². The molecular weight excluding hydrogens is 391 g/mol. The molecule has 0 fully saturated rings. The van der Waals surface area contributed by atoms with E-state index in [2.05, 4.69) is 6.08 Å². The lowest BCUT2D eigenvalue weighted by Gasteiger charge is -2.06. The van der Waals surface area contributed by atoms with Gasteiger partial charge >= 0.3 is 0 Å². The first-order valence-corrected chi connectivity index (χ1v) is 9.14. The third-order valence-electron chi connectivity index (χ3n) is 4.59. The van der Waals surface area contributed by atoms with E-state index in [4.69, 9.17) is 44.3 Å². The van der Waals surface area contributed by atoms with Gasteiger partial charge in [0.25, 0.3) is 0 Å². The Balaban J connectivity index is 1.75. The third kappa shape index (κ3) is 2.49. The average Bonchev–Trinajstić information content (AvgIpc) is 3.18. The molecule has 0 N–H and O–H groups in total. The van der Waals surface area contributed by atoms with Crippen LogP contribution >= 0.6 is 34.8 Å². The summed E-state index contributed by atoms with van der Waals surface area (Å²) >= 11 is 19.0. The zero-order valence-electron chi connectivity index (χ0n) is 13.4. The molecule has 0 saturated heterocycles. The van der Waals surface area contributed by atoms with Crippen molar-refractivity contribution < 1.29 is 9.47 Å². The quantitative estimate of drug-likeness (QED) is 0.344. The fourth-order valence-electron chi connectivity index (χ4n) is 3.49. The monoisotopic (exact) mass is 400 g/mol. The third-order valence-corrected chi connectivity index (χ3v) is 5.35. The smallest absolute Gasteiger partial charge is 0.231 e. The van der Waals surface area contributed by atoms with Crippen LogP contribution in [-0.4, -0.2) is 6.79 Å². The van der Waals surface area contributed by atoms with Gasteiger partial charge in [0.2, 0.25) is 6.79 Å². The maximum absolute atomic E-state index is 6.51. The summed E-state index contributed by atoms with van der Waals surface area (Å²) in [4.78, 5) is 0. The van der Waals surface area contributed by atoms with Crippen molar-refractivity contribution in [3.8, 4) is 22.6 Å². The molecule has 3 aromatic carbocycles. The van der Waals surface area contributed by atoms with Gasteiger partial charge in [-0.15, -0.1) is 0 Å². The average molecular weight is 402 g/mol. The maximum atomic E-state index is 6.51. The van der Waals surface area contributed by atoms with Crippen LogP contribution in [0.2, 0.25) is 15.1 Å². The molecule has 0 radical (unpaired) electrons. The number of hydrogen-bond donors (Lipinski definition) is 0. The van der Waals surface area contributed by atoms with Crippen LogP contribution in [0.15, 0.2) is 48.5 Å². The van der Waals surface area contributed by atoms with E-state index in [9.17, 15) is 0 Å². The second-order valence-electron chi connectivity index (χ2n) is 6.17. The molecule has 0 aromatic heterocycles. The highest BCUT2D eigenvalue weighted by atomic mass is 35.5. The summed E-state index contributed by atoms with van der Waals surface area (Å²) in [6.07, 6.45) is 2.09. The second-order valence-corrected chi connectivity index (χ2v) is 7.45. The van der Waals surface area contributed by atoms with E-state index in [0.29, 0.717) is 15.1 Å². The molecule has 5 rings (SSSR count). The van der Waals surface area contributed by atoms with Gasteiger partial charge in [-0.2, -0.15) is 0 Å². The van der Waals surface area contributed by atoms with Crippen molar-refractivity contribution in [3.05, 3.63) is 80.3 Å². The summed E-state index contributed by atoms with van der Waals surface area (Å²) in [5, 5.41) is 1.91. The fraction of sp³-hybridized carbons (Fsp3) is 0.0476. The second kappa shape index (κ2) is 5.95. The SMILES string of the molecule is Clc1ccc2c(c1)/C(=C\c1ccc3c(c1)OCO3)c1cc(Cl)cc(Cl)c1-2.